The van der Waals surface area contributed by atoms with Gasteiger partial charge in [0, 0.05) is 23.2 Å². The van der Waals surface area contributed by atoms with Gasteiger partial charge in [0.25, 0.3) is 5.91 Å². The first kappa shape index (κ1) is 20.0. The Kier molecular flexibility index (Phi) is 4.98. The minimum absolute atomic E-state index is 0.178. The van der Waals surface area contributed by atoms with Gasteiger partial charge < -0.3 is 10.1 Å². The van der Waals surface area contributed by atoms with Gasteiger partial charge in [0.1, 0.15) is 5.75 Å². The van der Waals surface area contributed by atoms with Gasteiger partial charge in [0.2, 0.25) is 10.0 Å². The van der Waals surface area contributed by atoms with Crippen molar-refractivity contribution in [3.05, 3.63) is 59.7 Å². The van der Waals surface area contributed by atoms with Crippen molar-refractivity contribution in [2.45, 2.75) is 19.4 Å². The fourth-order valence-electron chi connectivity index (χ4n) is 3.83. The maximum absolute atomic E-state index is 12.7. The maximum atomic E-state index is 12.7. The second kappa shape index (κ2) is 7.49. The van der Waals surface area contributed by atoms with Gasteiger partial charge in [-0.3, -0.25) is 14.2 Å². The highest BCUT2D eigenvalue weighted by atomic mass is 32.2. The quantitative estimate of drug-likeness (QED) is 0.653. The Bertz CT molecular complexity index is 1220. The van der Waals surface area contributed by atoms with Crippen molar-refractivity contribution in [1.82, 2.24) is 10.2 Å². The number of carbonyl (C=O) groups excluding carboxylic acids is 1. The van der Waals surface area contributed by atoms with Crippen LogP contribution in [0.4, 0.5) is 11.5 Å². The van der Waals surface area contributed by atoms with Gasteiger partial charge in [0.15, 0.2) is 5.82 Å². The summed E-state index contributed by atoms with van der Waals surface area (Å²) in [6, 6.07) is 14.1. The van der Waals surface area contributed by atoms with E-state index in [9.17, 15) is 13.2 Å². The van der Waals surface area contributed by atoms with Crippen LogP contribution in [-0.4, -0.2) is 43.9 Å². The number of aromatic amines is 1. The van der Waals surface area contributed by atoms with Crippen LogP contribution in [0.2, 0.25) is 0 Å². The lowest BCUT2D eigenvalue weighted by atomic mass is 10.1. The van der Waals surface area contributed by atoms with Crippen molar-refractivity contribution in [3.8, 4) is 17.0 Å². The van der Waals surface area contributed by atoms with Crippen molar-refractivity contribution in [2.24, 2.45) is 0 Å². The molecule has 9 heteroatoms. The second-order valence-electron chi connectivity index (χ2n) is 7.28. The Balaban J connectivity index is 1.55. The molecule has 2 N–H and O–H groups in total. The van der Waals surface area contributed by atoms with Crippen molar-refractivity contribution in [3.63, 3.8) is 0 Å². The molecule has 2 aromatic carbocycles. The third-order valence-electron chi connectivity index (χ3n) is 5.07. The van der Waals surface area contributed by atoms with Gasteiger partial charge in [0.05, 0.1) is 24.7 Å². The van der Waals surface area contributed by atoms with Crippen molar-refractivity contribution in [2.75, 3.05) is 23.0 Å². The molecule has 1 aliphatic rings. The van der Waals surface area contributed by atoms with E-state index in [-0.39, 0.29) is 11.9 Å². The molecule has 30 heavy (non-hydrogen) atoms. The predicted octanol–water partition coefficient (Wildman–Crippen LogP) is 3.05. The highest BCUT2D eigenvalue weighted by Crippen LogP contribution is 2.35. The molecular weight excluding hydrogens is 404 g/mol. The molecule has 0 fully saturated rings. The van der Waals surface area contributed by atoms with Crippen molar-refractivity contribution in [1.29, 1.82) is 0 Å². The lowest BCUT2D eigenvalue weighted by molar-refractivity contribution is 0.102. The molecule has 0 bridgehead atoms. The molecule has 1 amide bonds. The molecule has 0 aliphatic carbocycles. The van der Waals surface area contributed by atoms with Gasteiger partial charge in [-0.25, -0.2) is 8.42 Å². The van der Waals surface area contributed by atoms with E-state index in [1.807, 2.05) is 31.2 Å². The van der Waals surface area contributed by atoms with Crippen LogP contribution in [0.5, 0.6) is 5.75 Å². The summed E-state index contributed by atoms with van der Waals surface area (Å²) in [6.07, 6.45) is 1.75. The number of methoxy groups -OCH3 is 1. The van der Waals surface area contributed by atoms with Crippen LogP contribution in [0.3, 0.4) is 0 Å². The number of sulfonamides is 1. The number of aromatic nitrogens is 2. The zero-order valence-electron chi connectivity index (χ0n) is 16.8. The number of hydrogen-bond acceptors (Lipinski definition) is 5. The van der Waals surface area contributed by atoms with Gasteiger partial charge in [-0.1, -0.05) is 12.1 Å². The summed E-state index contributed by atoms with van der Waals surface area (Å²) in [5.74, 6) is 0.760. The third-order valence-corrected chi connectivity index (χ3v) is 6.34. The molecule has 1 aliphatic heterocycles. The van der Waals surface area contributed by atoms with Crippen LogP contribution >= 0.6 is 0 Å². The first-order valence-electron chi connectivity index (χ1n) is 9.40. The van der Waals surface area contributed by atoms with Gasteiger partial charge in [-0.2, -0.15) is 5.10 Å². The Morgan fingerprint density at radius 2 is 2.00 bits per heavy atom. The van der Waals surface area contributed by atoms with E-state index in [2.05, 4.69) is 15.5 Å². The number of nitrogens with zero attached hydrogens (tertiary/aromatic N) is 2. The number of nitrogens with one attached hydrogen (secondary N) is 2. The number of hydrogen-bond donors (Lipinski definition) is 2. The Hall–Kier alpha value is -3.33. The minimum atomic E-state index is -3.37. The molecule has 2 heterocycles. The molecule has 1 unspecified atom stereocenters. The normalized spacial score (nSPS) is 15.7. The Morgan fingerprint density at radius 3 is 2.73 bits per heavy atom. The molecule has 1 aromatic heterocycles. The van der Waals surface area contributed by atoms with Crippen LogP contribution < -0.4 is 14.4 Å². The van der Waals surface area contributed by atoms with E-state index >= 15 is 0 Å². The SMILES string of the molecule is COc1ccccc1-c1cc(NC(=O)c2ccc3c(c2)CC(C)N3S(C)(=O)=O)n[nH]1. The summed E-state index contributed by atoms with van der Waals surface area (Å²) in [6.45, 7) is 1.85. The molecule has 8 nitrogen and oxygen atoms in total. The molecule has 1 atom stereocenters. The number of ether oxygens (including phenoxy) is 1. The summed E-state index contributed by atoms with van der Waals surface area (Å²) < 4.78 is 30.9. The van der Waals surface area contributed by atoms with Crippen LogP contribution in [0.25, 0.3) is 11.3 Å². The average molecular weight is 426 g/mol. The van der Waals surface area contributed by atoms with Crippen LogP contribution in [-0.2, 0) is 16.4 Å². The van der Waals surface area contributed by atoms with Crippen molar-refractivity contribution < 1.29 is 17.9 Å². The molecule has 4 rings (SSSR count). The Morgan fingerprint density at radius 1 is 1.23 bits per heavy atom. The topological polar surface area (TPSA) is 104 Å². The number of carbonyl (C=O) groups is 1. The number of anilines is 2. The predicted molar refractivity (Wildman–Crippen MR) is 115 cm³/mol. The summed E-state index contributed by atoms with van der Waals surface area (Å²) in [5.41, 5.74) is 3.45. The fourth-order valence-corrected chi connectivity index (χ4v) is 5.09. The van der Waals surface area contributed by atoms with E-state index in [0.717, 1.165) is 11.1 Å². The lowest BCUT2D eigenvalue weighted by Crippen LogP contribution is -2.34. The minimum Gasteiger partial charge on any atom is -0.496 e. The number of benzene rings is 2. The Labute approximate surface area is 174 Å². The van der Waals surface area contributed by atoms with Gasteiger partial charge in [-0.05, 0) is 49.2 Å². The fraction of sp³-hybridized carbons (Fsp3) is 0.238. The molecule has 0 spiro atoms. The van der Waals surface area contributed by atoms with Gasteiger partial charge in [-0.15, -0.1) is 0 Å². The average Bonchev–Trinajstić information content (AvgIpc) is 3.30. The van der Waals surface area contributed by atoms with Crippen LogP contribution in [0.15, 0.2) is 48.5 Å². The smallest absolute Gasteiger partial charge is 0.256 e. The summed E-state index contributed by atoms with van der Waals surface area (Å²) >= 11 is 0. The standard InChI is InChI=1S/C21H22N4O4S/c1-13-10-15-11-14(8-9-18(15)25(13)30(3,27)28)21(26)22-20-12-17(23-24-20)16-6-4-5-7-19(16)29-2/h4-9,11-13H,10H2,1-3H3,(H2,22,23,24,26). The van der Waals surface area contributed by atoms with Crippen LogP contribution in [0, 0.1) is 0 Å². The molecule has 0 radical (unpaired) electrons. The summed E-state index contributed by atoms with van der Waals surface area (Å²) in [7, 11) is -1.77. The molecule has 3 aromatic rings. The largest absolute Gasteiger partial charge is 0.496 e. The molecule has 0 saturated heterocycles. The first-order chi connectivity index (χ1) is 14.3. The molecule has 0 saturated carbocycles. The third kappa shape index (κ3) is 3.63. The second-order valence-corrected chi connectivity index (χ2v) is 9.14. The zero-order chi connectivity index (χ0) is 21.5. The van der Waals surface area contributed by atoms with E-state index in [4.69, 9.17) is 4.74 Å². The lowest BCUT2D eigenvalue weighted by Gasteiger charge is -2.21. The summed E-state index contributed by atoms with van der Waals surface area (Å²) in [5, 5.41) is 9.84. The van der Waals surface area contributed by atoms with Gasteiger partial charge >= 0.3 is 0 Å². The van der Waals surface area contributed by atoms with Crippen LogP contribution in [0.1, 0.15) is 22.8 Å². The highest BCUT2D eigenvalue weighted by Gasteiger charge is 2.32. The number of H-pyrrole nitrogens is 1. The van der Waals surface area contributed by atoms with E-state index < -0.39 is 10.0 Å². The van der Waals surface area contributed by atoms with E-state index in [1.165, 1.54) is 10.6 Å². The van der Waals surface area contributed by atoms with Crippen molar-refractivity contribution >= 4 is 27.4 Å². The molecule has 156 valence electrons. The zero-order valence-corrected chi connectivity index (χ0v) is 17.7. The number of para-hydroxylation sites is 1. The van der Waals surface area contributed by atoms with E-state index in [0.29, 0.717) is 34.9 Å². The first-order valence-corrected chi connectivity index (χ1v) is 11.2. The number of fused-ring (bicyclic) bond motifs is 1. The number of amides is 1. The summed E-state index contributed by atoms with van der Waals surface area (Å²) in [4.78, 5) is 12.7. The molecular formula is C21H22N4O4S. The number of rotatable bonds is 5. The maximum Gasteiger partial charge on any atom is 0.256 e. The highest BCUT2D eigenvalue weighted by molar-refractivity contribution is 7.92. The van der Waals surface area contributed by atoms with E-state index in [1.54, 1.807) is 31.4 Å². The monoisotopic (exact) mass is 426 g/mol.